The molecule has 1 fully saturated rings. The van der Waals surface area contributed by atoms with Gasteiger partial charge in [-0.2, -0.15) is 0 Å². The summed E-state index contributed by atoms with van der Waals surface area (Å²) < 4.78 is 5.33. The van der Waals surface area contributed by atoms with Gasteiger partial charge >= 0.3 is 0 Å². The van der Waals surface area contributed by atoms with Crippen molar-refractivity contribution >= 4 is 0 Å². The quantitative estimate of drug-likeness (QED) is 0.679. The van der Waals surface area contributed by atoms with E-state index in [0.717, 1.165) is 32.2 Å². The maximum atomic E-state index is 5.33. The molecule has 78 valence electrons. The van der Waals surface area contributed by atoms with Gasteiger partial charge in [-0.3, -0.25) is 0 Å². The summed E-state index contributed by atoms with van der Waals surface area (Å²) in [7, 11) is 4.20. The van der Waals surface area contributed by atoms with Crippen molar-refractivity contribution in [3.63, 3.8) is 0 Å². The van der Waals surface area contributed by atoms with Crippen LogP contribution in [0.3, 0.4) is 0 Å². The second kappa shape index (κ2) is 6.35. The lowest BCUT2D eigenvalue weighted by Gasteiger charge is -2.26. The van der Waals surface area contributed by atoms with Gasteiger partial charge in [0.2, 0.25) is 0 Å². The highest BCUT2D eigenvalue weighted by molar-refractivity contribution is 4.67. The molecule has 0 unspecified atom stereocenters. The fourth-order valence-electron chi connectivity index (χ4n) is 1.76. The lowest BCUT2D eigenvalue weighted by Crippen LogP contribution is -2.33. The second-order valence-electron chi connectivity index (χ2n) is 3.92. The highest BCUT2D eigenvalue weighted by atomic mass is 16.5. The van der Waals surface area contributed by atoms with Gasteiger partial charge in [-0.25, -0.2) is 0 Å². The summed E-state index contributed by atoms with van der Waals surface area (Å²) in [6.45, 7) is 5.38. The van der Waals surface area contributed by atoms with E-state index in [1.165, 1.54) is 19.4 Å². The van der Waals surface area contributed by atoms with Crippen LogP contribution in [0.1, 0.15) is 12.8 Å². The average Bonchev–Trinajstić information content (AvgIpc) is 2.16. The van der Waals surface area contributed by atoms with Crippen LogP contribution in [0, 0.1) is 5.92 Å². The summed E-state index contributed by atoms with van der Waals surface area (Å²) in [5, 5.41) is 3.17. The van der Waals surface area contributed by atoms with E-state index in [2.05, 4.69) is 17.3 Å². The summed E-state index contributed by atoms with van der Waals surface area (Å²) in [6, 6.07) is 0. The Morgan fingerprint density at radius 1 is 1.38 bits per heavy atom. The van der Waals surface area contributed by atoms with E-state index in [0.29, 0.717) is 0 Å². The van der Waals surface area contributed by atoms with Crippen LogP contribution in [0.4, 0.5) is 0 Å². The molecule has 3 heteroatoms. The molecular weight excluding hydrogens is 164 g/mol. The van der Waals surface area contributed by atoms with Crippen molar-refractivity contribution in [2.24, 2.45) is 5.92 Å². The molecule has 0 spiro atoms. The van der Waals surface area contributed by atoms with Gasteiger partial charge in [-0.1, -0.05) is 0 Å². The number of rotatable bonds is 5. The Morgan fingerprint density at radius 3 is 2.69 bits per heavy atom. The Hall–Kier alpha value is -0.120. The number of nitrogens with zero attached hydrogens (tertiary/aromatic N) is 1. The minimum absolute atomic E-state index is 0.857. The number of ether oxygens (including phenoxy) is 1. The van der Waals surface area contributed by atoms with Crippen LogP contribution in [0.2, 0.25) is 0 Å². The van der Waals surface area contributed by atoms with Crippen LogP contribution in [0.5, 0.6) is 0 Å². The van der Waals surface area contributed by atoms with Gasteiger partial charge in [-0.05, 0) is 32.9 Å². The van der Waals surface area contributed by atoms with Crippen molar-refractivity contribution in [2.45, 2.75) is 12.8 Å². The molecule has 0 radical (unpaired) electrons. The van der Waals surface area contributed by atoms with E-state index in [1.54, 1.807) is 0 Å². The van der Waals surface area contributed by atoms with Crippen LogP contribution < -0.4 is 5.32 Å². The number of nitrogens with one attached hydrogen (secondary N) is 1. The third kappa shape index (κ3) is 4.60. The molecule has 1 aliphatic heterocycles. The fraction of sp³-hybridized carbons (Fsp3) is 1.00. The summed E-state index contributed by atoms with van der Waals surface area (Å²) >= 11 is 0. The zero-order valence-electron chi connectivity index (χ0n) is 8.88. The van der Waals surface area contributed by atoms with Gasteiger partial charge in [0.05, 0.1) is 0 Å². The Bertz CT molecular complexity index is 124. The topological polar surface area (TPSA) is 24.5 Å². The molecule has 0 bridgehead atoms. The first-order chi connectivity index (χ1) is 6.33. The minimum atomic E-state index is 0.857. The van der Waals surface area contributed by atoms with E-state index >= 15 is 0 Å². The Labute approximate surface area is 81.4 Å². The van der Waals surface area contributed by atoms with Crippen LogP contribution in [0.15, 0.2) is 0 Å². The summed E-state index contributed by atoms with van der Waals surface area (Å²) in [5.41, 5.74) is 0. The molecule has 1 N–H and O–H groups in total. The fourth-order valence-corrected chi connectivity index (χ4v) is 1.76. The van der Waals surface area contributed by atoms with E-state index in [9.17, 15) is 0 Å². The molecular formula is C10H22N2O. The van der Waals surface area contributed by atoms with Gasteiger partial charge in [0.15, 0.2) is 0 Å². The van der Waals surface area contributed by atoms with Crippen molar-refractivity contribution in [2.75, 3.05) is 46.9 Å². The molecule has 0 saturated carbocycles. The lowest BCUT2D eigenvalue weighted by atomic mass is 10.00. The van der Waals surface area contributed by atoms with Gasteiger partial charge < -0.3 is 15.0 Å². The molecule has 1 rings (SSSR count). The predicted molar refractivity (Wildman–Crippen MR) is 55.0 cm³/mol. The largest absolute Gasteiger partial charge is 0.381 e. The molecule has 0 aromatic carbocycles. The van der Waals surface area contributed by atoms with Crippen molar-refractivity contribution in [1.82, 2.24) is 10.2 Å². The first kappa shape index (κ1) is 11.0. The Kier molecular flexibility index (Phi) is 5.35. The van der Waals surface area contributed by atoms with E-state index in [4.69, 9.17) is 4.74 Å². The number of hydrogen-bond acceptors (Lipinski definition) is 3. The zero-order valence-corrected chi connectivity index (χ0v) is 8.88. The third-order valence-electron chi connectivity index (χ3n) is 2.65. The maximum absolute atomic E-state index is 5.33. The van der Waals surface area contributed by atoms with Crippen molar-refractivity contribution in [3.8, 4) is 0 Å². The molecule has 1 heterocycles. The highest BCUT2D eigenvalue weighted by Gasteiger charge is 2.14. The first-order valence-corrected chi connectivity index (χ1v) is 5.24. The Balaban J connectivity index is 2.07. The van der Waals surface area contributed by atoms with Gasteiger partial charge in [0, 0.05) is 32.8 Å². The summed E-state index contributed by atoms with van der Waals surface area (Å²) in [4.78, 5) is 2.41. The van der Waals surface area contributed by atoms with E-state index in [-0.39, 0.29) is 0 Å². The first-order valence-electron chi connectivity index (χ1n) is 5.24. The molecule has 3 nitrogen and oxygen atoms in total. The van der Waals surface area contributed by atoms with Gasteiger partial charge in [-0.15, -0.1) is 0 Å². The van der Waals surface area contributed by atoms with Crippen molar-refractivity contribution in [1.29, 1.82) is 0 Å². The standard InChI is InChI=1S/C10H22N2O/c1-11-5-6-12(2)9-10-3-7-13-8-4-10/h10-11H,3-9H2,1-2H3. The normalized spacial score (nSPS) is 19.6. The van der Waals surface area contributed by atoms with Crippen LogP contribution >= 0.6 is 0 Å². The van der Waals surface area contributed by atoms with Crippen molar-refractivity contribution in [3.05, 3.63) is 0 Å². The van der Waals surface area contributed by atoms with Crippen LogP contribution in [-0.4, -0.2) is 51.8 Å². The molecule has 13 heavy (non-hydrogen) atoms. The highest BCUT2D eigenvalue weighted by Crippen LogP contribution is 2.14. The Morgan fingerprint density at radius 2 is 2.08 bits per heavy atom. The molecule has 0 atom stereocenters. The summed E-state index contributed by atoms with van der Waals surface area (Å²) in [6.07, 6.45) is 2.48. The lowest BCUT2D eigenvalue weighted by molar-refractivity contribution is 0.0559. The van der Waals surface area contributed by atoms with Gasteiger partial charge in [0.1, 0.15) is 0 Å². The van der Waals surface area contributed by atoms with E-state index in [1.807, 2.05) is 7.05 Å². The maximum Gasteiger partial charge on any atom is 0.0469 e. The molecule has 0 amide bonds. The predicted octanol–water partition coefficient (Wildman–Crippen LogP) is 0.564. The molecule has 0 aliphatic carbocycles. The van der Waals surface area contributed by atoms with Crippen LogP contribution in [0.25, 0.3) is 0 Å². The SMILES string of the molecule is CNCCN(C)CC1CCOCC1. The molecule has 0 aromatic rings. The number of likely N-dealkylation sites (N-methyl/N-ethyl adjacent to an activating group) is 2. The smallest absolute Gasteiger partial charge is 0.0469 e. The van der Waals surface area contributed by atoms with Gasteiger partial charge in [0.25, 0.3) is 0 Å². The second-order valence-corrected chi connectivity index (χ2v) is 3.92. The molecule has 0 aromatic heterocycles. The summed E-state index contributed by atoms with van der Waals surface area (Å²) in [5.74, 6) is 0.857. The third-order valence-corrected chi connectivity index (χ3v) is 2.65. The van der Waals surface area contributed by atoms with Crippen LogP contribution in [-0.2, 0) is 4.74 Å². The molecule has 1 aliphatic rings. The number of hydrogen-bond donors (Lipinski definition) is 1. The monoisotopic (exact) mass is 186 g/mol. The zero-order chi connectivity index (χ0) is 9.52. The van der Waals surface area contributed by atoms with E-state index < -0.39 is 0 Å². The minimum Gasteiger partial charge on any atom is -0.381 e. The molecule has 1 saturated heterocycles. The average molecular weight is 186 g/mol. The van der Waals surface area contributed by atoms with Crippen molar-refractivity contribution < 1.29 is 4.74 Å².